The number of hydrogen-bond acceptors (Lipinski definition) is 5. The van der Waals surface area contributed by atoms with Gasteiger partial charge in [-0.15, -0.1) is 0 Å². The number of ether oxygens (including phenoxy) is 3. The number of benzene rings is 2. The molecule has 0 bridgehead atoms. The third kappa shape index (κ3) is 2.44. The fraction of sp³-hybridized carbons (Fsp3) is 0.222. The van der Waals surface area contributed by atoms with Gasteiger partial charge in [-0.05, 0) is 36.8 Å². The van der Waals surface area contributed by atoms with Crippen molar-refractivity contribution < 1.29 is 19.0 Å². The average Bonchev–Trinajstić information content (AvgIpc) is 3.13. The van der Waals surface area contributed by atoms with Gasteiger partial charge >= 0.3 is 5.97 Å². The van der Waals surface area contributed by atoms with E-state index in [-0.39, 0.29) is 12.8 Å². The zero-order valence-electron chi connectivity index (χ0n) is 12.6. The molecule has 2 aliphatic heterocycles. The fourth-order valence-electron chi connectivity index (χ4n) is 2.75. The Morgan fingerprint density at radius 2 is 1.87 bits per heavy atom. The molecular formula is C18H15NO4. The lowest BCUT2D eigenvalue weighted by molar-refractivity contribution is -0.138. The van der Waals surface area contributed by atoms with Gasteiger partial charge in [0.2, 0.25) is 12.7 Å². The molecule has 4 rings (SSSR count). The van der Waals surface area contributed by atoms with E-state index < -0.39 is 5.54 Å². The first-order valence-electron chi connectivity index (χ1n) is 7.40. The van der Waals surface area contributed by atoms with Crippen molar-refractivity contribution in [2.45, 2.75) is 18.9 Å². The van der Waals surface area contributed by atoms with Gasteiger partial charge in [0.25, 0.3) is 0 Å². The Morgan fingerprint density at radius 3 is 2.70 bits per heavy atom. The summed E-state index contributed by atoms with van der Waals surface area (Å²) in [4.78, 5) is 16.9. The first-order chi connectivity index (χ1) is 11.1. The Bertz CT molecular complexity index is 800. The van der Waals surface area contributed by atoms with Crippen molar-refractivity contribution >= 4 is 11.9 Å². The van der Waals surface area contributed by atoms with Crippen LogP contribution in [0.3, 0.4) is 0 Å². The van der Waals surface area contributed by atoms with E-state index in [1.54, 1.807) is 6.92 Å². The molecule has 0 amide bonds. The largest absolute Gasteiger partial charge is 0.454 e. The molecule has 23 heavy (non-hydrogen) atoms. The van der Waals surface area contributed by atoms with E-state index in [0.29, 0.717) is 18.1 Å². The van der Waals surface area contributed by atoms with Crippen LogP contribution in [-0.2, 0) is 16.0 Å². The molecule has 5 heteroatoms. The fourth-order valence-corrected chi connectivity index (χ4v) is 2.75. The number of carbonyl (C=O) groups excluding carboxylic acids is 1. The maximum Gasteiger partial charge on any atom is 0.340 e. The van der Waals surface area contributed by atoms with Gasteiger partial charge in [0.05, 0.1) is 0 Å². The van der Waals surface area contributed by atoms with Crippen molar-refractivity contribution in [2.24, 2.45) is 4.99 Å². The number of fused-ring (bicyclic) bond motifs is 1. The van der Waals surface area contributed by atoms with Crippen LogP contribution in [0.2, 0.25) is 0 Å². The number of esters is 1. The van der Waals surface area contributed by atoms with E-state index in [4.69, 9.17) is 14.2 Å². The Labute approximate surface area is 133 Å². The molecule has 1 atom stereocenters. The summed E-state index contributed by atoms with van der Waals surface area (Å²) in [5.41, 5.74) is 0.820. The van der Waals surface area contributed by atoms with Crippen LogP contribution < -0.4 is 9.47 Å². The highest BCUT2D eigenvalue weighted by Gasteiger charge is 2.42. The van der Waals surface area contributed by atoms with E-state index in [0.717, 1.165) is 16.9 Å². The van der Waals surface area contributed by atoms with Crippen molar-refractivity contribution in [3.05, 3.63) is 59.7 Å². The molecule has 2 aliphatic rings. The van der Waals surface area contributed by atoms with Crippen LogP contribution in [0.1, 0.15) is 18.1 Å². The summed E-state index contributed by atoms with van der Waals surface area (Å²) in [6.07, 6.45) is 0.443. The van der Waals surface area contributed by atoms with Crippen LogP contribution in [0.5, 0.6) is 11.5 Å². The van der Waals surface area contributed by atoms with Crippen LogP contribution in [-0.4, -0.2) is 24.2 Å². The predicted molar refractivity (Wildman–Crippen MR) is 83.7 cm³/mol. The molecule has 0 aromatic heterocycles. The van der Waals surface area contributed by atoms with Crippen LogP contribution in [0.4, 0.5) is 0 Å². The van der Waals surface area contributed by atoms with Crippen LogP contribution in [0, 0.1) is 0 Å². The predicted octanol–water partition coefficient (Wildman–Crippen LogP) is 2.72. The Kier molecular flexibility index (Phi) is 3.08. The van der Waals surface area contributed by atoms with Gasteiger partial charge in [0.1, 0.15) is 0 Å². The number of aliphatic imine (C=N–C) groups is 1. The molecule has 2 aromatic carbocycles. The molecule has 0 radical (unpaired) electrons. The number of cyclic esters (lactones) is 1. The van der Waals surface area contributed by atoms with Gasteiger partial charge in [-0.3, -0.25) is 0 Å². The summed E-state index contributed by atoms with van der Waals surface area (Å²) in [5, 5.41) is 0. The molecule has 2 heterocycles. The summed E-state index contributed by atoms with van der Waals surface area (Å²) in [6.45, 7) is 2.02. The molecule has 0 fully saturated rings. The molecule has 2 aromatic rings. The van der Waals surface area contributed by atoms with Crippen LogP contribution in [0.15, 0.2) is 53.5 Å². The van der Waals surface area contributed by atoms with Crippen molar-refractivity contribution in [3.8, 4) is 11.5 Å². The molecule has 0 unspecified atom stereocenters. The minimum atomic E-state index is -0.932. The van der Waals surface area contributed by atoms with Gasteiger partial charge in [-0.25, -0.2) is 9.79 Å². The van der Waals surface area contributed by atoms with Crippen molar-refractivity contribution in [2.75, 3.05) is 6.79 Å². The number of nitrogens with zero attached hydrogens (tertiary/aromatic N) is 1. The number of rotatable bonds is 3. The second kappa shape index (κ2) is 5.12. The molecule has 0 spiro atoms. The average molecular weight is 309 g/mol. The highest BCUT2D eigenvalue weighted by atomic mass is 16.7. The van der Waals surface area contributed by atoms with Crippen molar-refractivity contribution in [1.82, 2.24) is 0 Å². The quantitative estimate of drug-likeness (QED) is 0.818. The molecule has 0 saturated carbocycles. The van der Waals surface area contributed by atoms with Gasteiger partial charge in [0.15, 0.2) is 17.0 Å². The highest BCUT2D eigenvalue weighted by molar-refractivity contribution is 6.07. The zero-order chi connectivity index (χ0) is 15.9. The summed E-state index contributed by atoms with van der Waals surface area (Å²) in [7, 11) is 0. The normalized spacial score (nSPS) is 22.0. The lowest BCUT2D eigenvalue weighted by Crippen LogP contribution is -2.32. The molecule has 116 valence electrons. The maximum absolute atomic E-state index is 12.3. The number of hydrogen-bond donors (Lipinski definition) is 0. The third-order valence-corrected chi connectivity index (χ3v) is 3.98. The molecule has 5 nitrogen and oxygen atoms in total. The first kappa shape index (κ1) is 13.8. The van der Waals surface area contributed by atoms with E-state index >= 15 is 0 Å². The van der Waals surface area contributed by atoms with Crippen LogP contribution in [0.25, 0.3) is 0 Å². The van der Waals surface area contributed by atoms with Gasteiger partial charge in [0, 0.05) is 12.0 Å². The van der Waals surface area contributed by atoms with Gasteiger partial charge in [-0.2, -0.15) is 0 Å². The topological polar surface area (TPSA) is 57.1 Å². The minimum Gasteiger partial charge on any atom is -0.454 e. The molecule has 0 saturated heterocycles. The highest BCUT2D eigenvalue weighted by Crippen LogP contribution is 2.35. The third-order valence-electron chi connectivity index (χ3n) is 3.98. The lowest BCUT2D eigenvalue weighted by atomic mass is 9.94. The summed E-state index contributed by atoms with van der Waals surface area (Å²) in [6, 6.07) is 15.1. The SMILES string of the molecule is C[C@]1(Cc2ccc3c(c2)OCO3)N=C(c2ccccc2)OC1=O. The van der Waals surface area contributed by atoms with E-state index in [2.05, 4.69) is 4.99 Å². The van der Waals surface area contributed by atoms with Crippen molar-refractivity contribution in [3.63, 3.8) is 0 Å². The summed E-state index contributed by atoms with van der Waals surface area (Å²) >= 11 is 0. The smallest absolute Gasteiger partial charge is 0.340 e. The Morgan fingerprint density at radius 1 is 1.09 bits per heavy atom. The lowest BCUT2D eigenvalue weighted by Gasteiger charge is -2.16. The summed E-state index contributed by atoms with van der Waals surface area (Å²) < 4.78 is 16.1. The zero-order valence-corrected chi connectivity index (χ0v) is 12.6. The van der Waals surface area contributed by atoms with E-state index in [1.165, 1.54) is 0 Å². The maximum atomic E-state index is 12.3. The molecule has 0 N–H and O–H groups in total. The first-order valence-corrected chi connectivity index (χ1v) is 7.40. The Hall–Kier alpha value is -2.82. The second-order valence-corrected chi connectivity index (χ2v) is 5.81. The van der Waals surface area contributed by atoms with Gasteiger partial charge in [-0.1, -0.05) is 24.3 Å². The minimum absolute atomic E-state index is 0.231. The van der Waals surface area contributed by atoms with E-state index in [1.807, 2.05) is 48.5 Å². The molecule has 0 aliphatic carbocycles. The molecular weight excluding hydrogens is 294 g/mol. The monoisotopic (exact) mass is 309 g/mol. The standard InChI is InChI=1S/C18H15NO4/c1-18(10-12-7-8-14-15(9-12)22-11-21-14)17(20)23-16(19-18)13-5-3-2-4-6-13/h2-9H,10-11H2,1H3/t18-/m1/s1. The van der Waals surface area contributed by atoms with Crippen LogP contribution >= 0.6 is 0 Å². The summed E-state index contributed by atoms with van der Waals surface area (Å²) in [5.74, 6) is 1.46. The van der Waals surface area contributed by atoms with E-state index in [9.17, 15) is 4.79 Å². The Balaban J connectivity index is 1.62. The van der Waals surface area contributed by atoms with Crippen molar-refractivity contribution in [1.29, 1.82) is 0 Å². The number of carbonyl (C=O) groups is 1. The van der Waals surface area contributed by atoms with Gasteiger partial charge < -0.3 is 14.2 Å². The second-order valence-electron chi connectivity index (χ2n) is 5.81.